The van der Waals surface area contributed by atoms with Gasteiger partial charge in [-0.1, -0.05) is 6.07 Å². The van der Waals surface area contributed by atoms with Gasteiger partial charge < -0.3 is 15.5 Å². The first-order valence-corrected chi connectivity index (χ1v) is 9.10. The summed E-state index contributed by atoms with van der Waals surface area (Å²) in [6, 6.07) is 5.87. The molecule has 0 aliphatic carbocycles. The topological polar surface area (TPSA) is 94.4 Å². The SMILES string of the molecule is Cc1ccc(-c2nnc(NC3CCCN(C(C)CO)C3)nc2C)c(O)c1. The van der Waals surface area contributed by atoms with Crippen molar-refractivity contribution in [2.24, 2.45) is 0 Å². The second-order valence-corrected chi connectivity index (χ2v) is 7.10. The maximum atomic E-state index is 10.2. The molecule has 2 unspecified atom stereocenters. The predicted molar refractivity (Wildman–Crippen MR) is 101 cm³/mol. The Labute approximate surface area is 154 Å². The third kappa shape index (κ3) is 4.11. The molecule has 140 valence electrons. The summed E-state index contributed by atoms with van der Waals surface area (Å²) in [4.78, 5) is 6.81. The largest absolute Gasteiger partial charge is 0.507 e. The Bertz CT molecular complexity index is 768. The van der Waals surface area contributed by atoms with Crippen molar-refractivity contribution >= 4 is 5.95 Å². The molecule has 1 fully saturated rings. The van der Waals surface area contributed by atoms with Crippen LogP contribution in [0, 0.1) is 13.8 Å². The molecular formula is C19H27N5O2. The molecule has 1 aliphatic heterocycles. The monoisotopic (exact) mass is 357 g/mol. The highest BCUT2D eigenvalue weighted by Crippen LogP contribution is 2.30. The number of nitrogens with one attached hydrogen (secondary N) is 1. The van der Waals surface area contributed by atoms with E-state index in [1.54, 1.807) is 6.07 Å². The molecule has 0 radical (unpaired) electrons. The fraction of sp³-hybridized carbons (Fsp3) is 0.526. The summed E-state index contributed by atoms with van der Waals surface area (Å²) in [5.41, 5.74) is 2.94. The standard InChI is InChI=1S/C19H27N5O2/c1-12-6-7-16(17(26)9-12)18-14(3)20-19(23-22-18)21-15-5-4-8-24(10-15)13(2)11-25/h6-7,9,13,15,25-26H,4-5,8,10-11H2,1-3H3,(H,20,21,23). The summed E-state index contributed by atoms with van der Waals surface area (Å²) in [7, 11) is 0. The number of phenolic OH excluding ortho intramolecular Hbond substituents is 1. The number of phenols is 1. The highest BCUT2D eigenvalue weighted by atomic mass is 16.3. The lowest BCUT2D eigenvalue weighted by atomic mass is 10.0. The summed E-state index contributed by atoms with van der Waals surface area (Å²) in [5, 5.41) is 31.4. The minimum Gasteiger partial charge on any atom is -0.507 e. The summed E-state index contributed by atoms with van der Waals surface area (Å²) in [6.07, 6.45) is 2.11. The van der Waals surface area contributed by atoms with E-state index < -0.39 is 0 Å². The first kappa shape index (κ1) is 18.5. The van der Waals surface area contributed by atoms with Gasteiger partial charge in [-0.2, -0.15) is 0 Å². The highest BCUT2D eigenvalue weighted by Gasteiger charge is 2.24. The molecule has 7 heteroatoms. The average Bonchev–Trinajstić information content (AvgIpc) is 2.62. The second kappa shape index (κ2) is 7.97. The Morgan fingerprint density at radius 2 is 2.12 bits per heavy atom. The van der Waals surface area contributed by atoms with Gasteiger partial charge in [0.1, 0.15) is 11.4 Å². The van der Waals surface area contributed by atoms with Crippen molar-refractivity contribution in [3.05, 3.63) is 29.5 Å². The minimum atomic E-state index is 0.160. The van der Waals surface area contributed by atoms with E-state index in [4.69, 9.17) is 0 Å². The van der Waals surface area contributed by atoms with Crippen LogP contribution in [0.5, 0.6) is 5.75 Å². The molecule has 0 amide bonds. The molecule has 26 heavy (non-hydrogen) atoms. The van der Waals surface area contributed by atoms with Crippen LogP contribution in [-0.2, 0) is 0 Å². The van der Waals surface area contributed by atoms with Crippen LogP contribution in [0.25, 0.3) is 11.3 Å². The summed E-state index contributed by atoms with van der Waals surface area (Å²) in [5.74, 6) is 0.687. The number of anilines is 1. The summed E-state index contributed by atoms with van der Waals surface area (Å²) < 4.78 is 0. The number of nitrogens with zero attached hydrogens (tertiary/aromatic N) is 4. The first-order valence-electron chi connectivity index (χ1n) is 9.10. The molecule has 0 saturated carbocycles. The lowest BCUT2D eigenvalue weighted by Gasteiger charge is -2.36. The number of aliphatic hydroxyl groups excluding tert-OH is 1. The van der Waals surface area contributed by atoms with Gasteiger partial charge in [0.15, 0.2) is 0 Å². The van der Waals surface area contributed by atoms with Crippen LogP contribution in [0.1, 0.15) is 31.0 Å². The van der Waals surface area contributed by atoms with Crippen LogP contribution in [0.2, 0.25) is 0 Å². The van der Waals surface area contributed by atoms with Crippen LogP contribution < -0.4 is 5.32 Å². The third-order valence-corrected chi connectivity index (χ3v) is 4.94. The Kier molecular flexibility index (Phi) is 5.68. The number of benzene rings is 1. The molecule has 2 atom stereocenters. The Balaban J connectivity index is 1.73. The van der Waals surface area contributed by atoms with Gasteiger partial charge in [-0.05, 0) is 57.9 Å². The third-order valence-electron chi connectivity index (χ3n) is 4.94. The number of hydrogen-bond donors (Lipinski definition) is 3. The van der Waals surface area contributed by atoms with Gasteiger partial charge in [-0.25, -0.2) is 4.98 Å². The smallest absolute Gasteiger partial charge is 0.243 e. The van der Waals surface area contributed by atoms with Crippen molar-refractivity contribution < 1.29 is 10.2 Å². The maximum Gasteiger partial charge on any atom is 0.243 e. The van der Waals surface area contributed by atoms with Crippen molar-refractivity contribution in [3.63, 3.8) is 0 Å². The fourth-order valence-electron chi connectivity index (χ4n) is 3.38. The van der Waals surface area contributed by atoms with Gasteiger partial charge in [0.2, 0.25) is 5.95 Å². The lowest BCUT2D eigenvalue weighted by Crippen LogP contribution is -2.47. The molecule has 2 aromatic rings. The van der Waals surface area contributed by atoms with Crippen LogP contribution in [0.4, 0.5) is 5.95 Å². The zero-order chi connectivity index (χ0) is 18.7. The van der Waals surface area contributed by atoms with E-state index in [0.717, 1.165) is 37.2 Å². The maximum absolute atomic E-state index is 10.2. The van der Waals surface area contributed by atoms with Crippen molar-refractivity contribution in [2.75, 3.05) is 25.0 Å². The van der Waals surface area contributed by atoms with E-state index >= 15 is 0 Å². The predicted octanol–water partition coefficient (Wildman–Crippen LogP) is 2.12. The Morgan fingerprint density at radius 3 is 2.81 bits per heavy atom. The van der Waals surface area contributed by atoms with Crippen LogP contribution >= 0.6 is 0 Å². The number of aliphatic hydroxyl groups is 1. The van der Waals surface area contributed by atoms with Gasteiger partial charge in [-0.15, -0.1) is 10.2 Å². The summed E-state index contributed by atoms with van der Waals surface area (Å²) >= 11 is 0. The molecular weight excluding hydrogens is 330 g/mol. The summed E-state index contributed by atoms with van der Waals surface area (Å²) in [6.45, 7) is 7.86. The Morgan fingerprint density at radius 1 is 1.31 bits per heavy atom. The number of rotatable bonds is 5. The van der Waals surface area contributed by atoms with E-state index in [0.29, 0.717) is 17.2 Å². The average molecular weight is 357 g/mol. The Hall–Kier alpha value is -2.25. The van der Waals surface area contributed by atoms with Gasteiger partial charge in [-0.3, -0.25) is 4.90 Å². The van der Waals surface area contributed by atoms with Crippen LogP contribution in [0.3, 0.4) is 0 Å². The quantitative estimate of drug-likeness (QED) is 0.754. The minimum absolute atomic E-state index is 0.160. The number of aromatic nitrogens is 3. The highest BCUT2D eigenvalue weighted by molar-refractivity contribution is 5.68. The van der Waals surface area contributed by atoms with Crippen molar-refractivity contribution in [1.82, 2.24) is 20.1 Å². The number of aromatic hydroxyl groups is 1. The molecule has 1 saturated heterocycles. The zero-order valence-electron chi connectivity index (χ0n) is 15.6. The van der Waals surface area contributed by atoms with E-state index in [2.05, 4.69) is 25.4 Å². The van der Waals surface area contributed by atoms with Gasteiger partial charge in [0.05, 0.1) is 12.3 Å². The normalized spacial score (nSPS) is 19.3. The van der Waals surface area contributed by atoms with E-state index in [-0.39, 0.29) is 24.4 Å². The molecule has 3 rings (SSSR count). The molecule has 1 aromatic heterocycles. The van der Waals surface area contributed by atoms with E-state index in [9.17, 15) is 10.2 Å². The van der Waals surface area contributed by atoms with Gasteiger partial charge in [0, 0.05) is 24.2 Å². The van der Waals surface area contributed by atoms with Crippen molar-refractivity contribution in [3.8, 4) is 17.0 Å². The first-order chi connectivity index (χ1) is 12.5. The van der Waals surface area contributed by atoms with Crippen molar-refractivity contribution in [1.29, 1.82) is 0 Å². The van der Waals surface area contributed by atoms with Crippen molar-refractivity contribution in [2.45, 2.75) is 45.7 Å². The number of piperidine rings is 1. The number of aryl methyl sites for hydroxylation is 2. The molecule has 1 aliphatic rings. The molecule has 3 N–H and O–H groups in total. The molecule has 1 aromatic carbocycles. The van der Waals surface area contributed by atoms with Crippen LogP contribution in [-0.4, -0.2) is 62.1 Å². The van der Waals surface area contributed by atoms with E-state index in [1.807, 2.05) is 32.9 Å². The number of hydrogen-bond acceptors (Lipinski definition) is 7. The molecule has 0 bridgehead atoms. The molecule has 7 nitrogen and oxygen atoms in total. The molecule has 2 heterocycles. The zero-order valence-corrected chi connectivity index (χ0v) is 15.6. The number of likely N-dealkylation sites (tertiary alicyclic amines) is 1. The fourth-order valence-corrected chi connectivity index (χ4v) is 3.38. The van der Waals surface area contributed by atoms with Gasteiger partial charge >= 0.3 is 0 Å². The molecule has 0 spiro atoms. The second-order valence-electron chi connectivity index (χ2n) is 7.10. The van der Waals surface area contributed by atoms with Crippen LogP contribution in [0.15, 0.2) is 18.2 Å². The van der Waals surface area contributed by atoms with Gasteiger partial charge in [0.25, 0.3) is 0 Å². The van der Waals surface area contributed by atoms with E-state index in [1.165, 1.54) is 0 Å². The lowest BCUT2D eigenvalue weighted by molar-refractivity contribution is 0.110.